The van der Waals surface area contributed by atoms with E-state index in [1.807, 2.05) is 6.07 Å². The van der Waals surface area contributed by atoms with Crippen molar-refractivity contribution in [1.29, 1.82) is 0 Å². The van der Waals surface area contributed by atoms with Gasteiger partial charge in [-0.25, -0.2) is 4.39 Å². The molecule has 1 aliphatic carbocycles. The lowest BCUT2D eigenvalue weighted by atomic mass is 9.88. The van der Waals surface area contributed by atoms with E-state index < -0.39 is 0 Å². The average molecular weight is 254 g/mol. The van der Waals surface area contributed by atoms with Gasteiger partial charge in [-0.2, -0.15) is 0 Å². The van der Waals surface area contributed by atoms with Gasteiger partial charge in [0.2, 0.25) is 0 Å². The summed E-state index contributed by atoms with van der Waals surface area (Å²) < 4.78 is 19.5. The van der Waals surface area contributed by atoms with Gasteiger partial charge in [0, 0.05) is 12.5 Å². The maximum absolute atomic E-state index is 13.6. The first kappa shape index (κ1) is 11.2. The maximum Gasteiger partial charge on any atom is 0.123 e. The number of hydrogen-bond acceptors (Lipinski definition) is 1. The van der Waals surface area contributed by atoms with E-state index in [1.165, 1.54) is 16.7 Å². The molecule has 1 fully saturated rings. The summed E-state index contributed by atoms with van der Waals surface area (Å²) in [6.45, 7) is 0.764. The van der Waals surface area contributed by atoms with E-state index in [-0.39, 0.29) is 11.9 Å². The highest BCUT2D eigenvalue weighted by atomic mass is 19.1. The molecule has 0 radical (unpaired) electrons. The lowest BCUT2D eigenvalue weighted by Gasteiger charge is -2.19. The van der Waals surface area contributed by atoms with E-state index in [4.69, 9.17) is 4.74 Å². The molecular weight excluding hydrogens is 239 g/mol. The van der Waals surface area contributed by atoms with Crippen LogP contribution in [0.5, 0.6) is 0 Å². The van der Waals surface area contributed by atoms with E-state index in [1.54, 1.807) is 12.1 Å². The van der Waals surface area contributed by atoms with Crippen LogP contribution >= 0.6 is 0 Å². The van der Waals surface area contributed by atoms with Crippen molar-refractivity contribution in [2.45, 2.75) is 24.9 Å². The third kappa shape index (κ3) is 1.71. The number of ether oxygens (including phenoxy) is 1. The molecular formula is C17H15FO. The van der Waals surface area contributed by atoms with Crippen molar-refractivity contribution in [3.63, 3.8) is 0 Å². The lowest BCUT2D eigenvalue weighted by molar-refractivity contribution is 0.104. The first-order valence-corrected chi connectivity index (χ1v) is 6.80. The second-order valence-corrected chi connectivity index (χ2v) is 5.41. The fourth-order valence-electron chi connectivity index (χ4n) is 3.47. The first-order valence-electron chi connectivity index (χ1n) is 6.80. The summed E-state index contributed by atoms with van der Waals surface area (Å²) in [4.78, 5) is 0. The van der Waals surface area contributed by atoms with Crippen molar-refractivity contribution in [3.05, 3.63) is 70.5 Å². The maximum atomic E-state index is 13.6. The highest BCUT2D eigenvalue weighted by Crippen LogP contribution is 2.46. The summed E-state index contributed by atoms with van der Waals surface area (Å²) in [6, 6.07) is 13.7. The summed E-state index contributed by atoms with van der Waals surface area (Å²) in [6.07, 6.45) is 1.93. The number of fused-ring (bicyclic) bond motifs is 5. The molecule has 1 saturated heterocycles. The number of benzene rings is 2. The monoisotopic (exact) mass is 254 g/mol. The Balaban J connectivity index is 1.94. The minimum Gasteiger partial charge on any atom is -0.373 e. The molecule has 0 bridgehead atoms. The normalized spacial score (nSPS) is 24.3. The molecule has 0 unspecified atom stereocenters. The van der Waals surface area contributed by atoms with Gasteiger partial charge in [0.05, 0.1) is 6.10 Å². The zero-order chi connectivity index (χ0) is 12.8. The minimum atomic E-state index is -0.168. The van der Waals surface area contributed by atoms with Gasteiger partial charge in [0.1, 0.15) is 5.82 Å². The topological polar surface area (TPSA) is 9.23 Å². The van der Waals surface area contributed by atoms with Crippen LogP contribution in [-0.2, 0) is 11.2 Å². The molecule has 19 heavy (non-hydrogen) atoms. The summed E-state index contributed by atoms with van der Waals surface area (Å²) in [5.74, 6) is 0.207. The standard InChI is InChI=1S/C17H15FO/c18-13-6-5-12-9-11-3-1-2-4-14(11)15-7-8-19-17(15)16(12)10-13/h1-6,10,15,17H,7-9H2/t15-,17-/m0/s1. The molecule has 0 saturated carbocycles. The van der Waals surface area contributed by atoms with Crippen molar-refractivity contribution in [2.24, 2.45) is 0 Å². The zero-order valence-electron chi connectivity index (χ0n) is 10.6. The quantitative estimate of drug-likeness (QED) is 0.691. The summed E-state index contributed by atoms with van der Waals surface area (Å²) >= 11 is 0. The molecule has 2 heteroatoms. The second kappa shape index (κ2) is 4.17. The van der Waals surface area contributed by atoms with Crippen LogP contribution in [0.3, 0.4) is 0 Å². The van der Waals surface area contributed by atoms with Crippen LogP contribution in [0.25, 0.3) is 0 Å². The predicted molar refractivity (Wildman–Crippen MR) is 71.7 cm³/mol. The smallest absolute Gasteiger partial charge is 0.123 e. The second-order valence-electron chi connectivity index (χ2n) is 5.41. The zero-order valence-corrected chi connectivity index (χ0v) is 10.6. The Morgan fingerprint density at radius 1 is 1.00 bits per heavy atom. The molecule has 1 heterocycles. The predicted octanol–water partition coefficient (Wildman–Crippen LogP) is 3.98. The molecule has 0 aromatic heterocycles. The van der Waals surface area contributed by atoms with Gasteiger partial charge in [-0.15, -0.1) is 0 Å². The van der Waals surface area contributed by atoms with Gasteiger partial charge in [-0.3, -0.25) is 0 Å². The van der Waals surface area contributed by atoms with E-state index in [0.29, 0.717) is 5.92 Å². The molecule has 2 aromatic carbocycles. The number of hydrogen-bond donors (Lipinski definition) is 0. The molecule has 1 nitrogen and oxygen atoms in total. The van der Waals surface area contributed by atoms with Crippen molar-refractivity contribution in [3.8, 4) is 0 Å². The van der Waals surface area contributed by atoms with E-state index in [2.05, 4.69) is 24.3 Å². The van der Waals surface area contributed by atoms with Gasteiger partial charge < -0.3 is 4.74 Å². The fraction of sp³-hybridized carbons (Fsp3) is 0.294. The molecule has 4 rings (SSSR count). The van der Waals surface area contributed by atoms with Crippen LogP contribution in [-0.4, -0.2) is 6.61 Å². The third-order valence-corrected chi connectivity index (χ3v) is 4.34. The Morgan fingerprint density at radius 3 is 2.79 bits per heavy atom. The summed E-state index contributed by atoms with van der Waals surface area (Å²) in [5, 5.41) is 0. The van der Waals surface area contributed by atoms with Crippen molar-refractivity contribution < 1.29 is 9.13 Å². The Hall–Kier alpha value is -1.67. The van der Waals surface area contributed by atoms with Gasteiger partial charge in [-0.1, -0.05) is 30.3 Å². The SMILES string of the molecule is Fc1ccc2c(c1)[C@H]1OCC[C@H]1c1ccccc1C2. The molecule has 0 spiro atoms. The molecule has 2 aromatic rings. The Morgan fingerprint density at radius 2 is 1.84 bits per heavy atom. The molecule has 2 atom stereocenters. The van der Waals surface area contributed by atoms with Crippen LogP contribution < -0.4 is 0 Å². The van der Waals surface area contributed by atoms with Gasteiger partial charge in [0.15, 0.2) is 0 Å². The molecule has 0 amide bonds. The van der Waals surface area contributed by atoms with Crippen molar-refractivity contribution in [1.82, 2.24) is 0 Å². The van der Waals surface area contributed by atoms with Crippen molar-refractivity contribution >= 4 is 0 Å². The Bertz CT molecular complexity index is 635. The molecule has 2 aliphatic rings. The van der Waals surface area contributed by atoms with Crippen LogP contribution in [0.2, 0.25) is 0 Å². The highest BCUT2D eigenvalue weighted by Gasteiger charge is 2.35. The first-order chi connectivity index (χ1) is 9.33. The summed E-state index contributed by atoms with van der Waals surface area (Å²) in [7, 11) is 0. The minimum absolute atomic E-state index is 0.0225. The van der Waals surface area contributed by atoms with Gasteiger partial charge in [0.25, 0.3) is 0 Å². The fourth-order valence-corrected chi connectivity index (χ4v) is 3.47. The Labute approximate surface area is 112 Å². The van der Waals surface area contributed by atoms with E-state index >= 15 is 0 Å². The van der Waals surface area contributed by atoms with Crippen LogP contribution in [0, 0.1) is 5.82 Å². The molecule has 0 N–H and O–H groups in total. The Kier molecular flexibility index (Phi) is 2.46. The van der Waals surface area contributed by atoms with Crippen LogP contribution in [0.4, 0.5) is 4.39 Å². The van der Waals surface area contributed by atoms with Crippen LogP contribution in [0.15, 0.2) is 42.5 Å². The number of rotatable bonds is 0. The van der Waals surface area contributed by atoms with E-state index in [0.717, 1.165) is 25.0 Å². The largest absolute Gasteiger partial charge is 0.373 e. The highest BCUT2D eigenvalue weighted by molar-refractivity contribution is 5.45. The van der Waals surface area contributed by atoms with Gasteiger partial charge in [-0.05, 0) is 47.2 Å². The van der Waals surface area contributed by atoms with E-state index in [9.17, 15) is 4.39 Å². The van der Waals surface area contributed by atoms with Gasteiger partial charge >= 0.3 is 0 Å². The van der Waals surface area contributed by atoms with Crippen LogP contribution in [0.1, 0.15) is 40.7 Å². The third-order valence-electron chi connectivity index (χ3n) is 4.34. The summed E-state index contributed by atoms with van der Waals surface area (Å²) in [5.41, 5.74) is 4.97. The number of halogens is 1. The molecule has 96 valence electrons. The van der Waals surface area contributed by atoms with Crippen molar-refractivity contribution in [2.75, 3.05) is 6.61 Å². The average Bonchev–Trinajstić information content (AvgIpc) is 2.86. The molecule has 1 aliphatic heterocycles. The lowest BCUT2D eigenvalue weighted by Crippen LogP contribution is -2.06.